The topological polar surface area (TPSA) is 81.7 Å². The van der Waals surface area contributed by atoms with Crippen LogP contribution in [0.15, 0.2) is 35.7 Å². The molecule has 1 N–H and O–H groups in total. The molecule has 1 amide bonds. The second kappa shape index (κ2) is 6.86. The van der Waals surface area contributed by atoms with Crippen LogP contribution in [0.4, 0.5) is 10.5 Å². The maximum atomic E-state index is 12.5. The van der Waals surface area contributed by atoms with E-state index in [2.05, 4.69) is 14.8 Å². The Bertz CT molecular complexity index is 709. The maximum Gasteiger partial charge on any atom is 0.411 e. The van der Waals surface area contributed by atoms with Crippen LogP contribution in [0.25, 0.3) is 0 Å². The van der Waals surface area contributed by atoms with E-state index in [9.17, 15) is 14.4 Å². The molecule has 2 aromatic rings. The van der Waals surface area contributed by atoms with Crippen molar-refractivity contribution in [3.05, 3.63) is 51.7 Å². The molecule has 0 radical (unpaired) electrons. The summed E-state index contributed by atoms with van der Waals surface area (Å²) >= 11 is 1.29. The number of thiophene rings is 1. The molecule has 0 aliphatic heterocycles. The van der Waals surface area contributed by atoms with Gasteiger partial charge in [0.25, 0.3) is 0 Å². The molecule has 0 spiro atoms. The van der Waals surface area contributed by atoms with E-state index in [1.165, 1.54) is 43.8 Å². The molecule has 7 heteroatoms. The Morgan fingerprint density at radius 2 is 1.86 bits per heavy atom. The van der Waals surface area contributed by atoms with E-state index >= 15 is 0 Å². The minimum absolute atomic E-state index is 0.188. The van der Waals surface area contributed by atoms with Gasteiger partial charge in [-0.25, -0.2) is 9.59 Å². The fourth-order valence-electron chi connectivity index (χ4n) is 1.79. The first-order valence-corrected chi connectivity index (χ1v) is 7.10. The minimum Gasteiger partial charge on any atom is -0.465 e. The van der Waals surface area contributed by atoms with Crippen molar-refractivity contribution in [2.24, 2.45) is 0 Å². The third-order valence-corrected chi connectivity index (χ3v) is 3.72. The van der Waals surface area contributed by atoms with Gasteiger partial charge in [-0.15, -0.1) is 11.3 Å². The Labute approximate surface area is 130 Å². The average molecular weight is 319 g/mol. The Balaban J connectivity index is 2.45. The minimum atomic E-state index is -0.734. The summed E-state index contributed by atoms with van der Waals surface area (Å²) in [7, 11) is 2.46. The number of rotatable bonds is 4. The van der Waals surface area contributed by atoms with Crippen molar-refractivity contribution in [3.8, 4) is 0 Å². The molecule has 6 nitrogen and oxygen atoms in total. The molecule has 0 saturated heterocycles. The lowest BCUT2D eigenvalue weighted by Gasteiger charge is -2.10. The molecule has 0 unspecified atom stereocenters. The number of hydrogen-bond acceptors (Lipinski definition) is 6. The molecule has 1 aromatic heterocycles. The maximum absolute atomic E-state index is 12.5. The monoisotopic (exact) mass is 319 g/mol. The van der Waals surface area contributed by atoms with Gasteiger partial charge in [-0.2, -0.15) is 0 Å². The van der Waals surface area contributed by atoms with Crippen molar-refractivity contribution in [1.82, 2.24) is 0 Å². The summed E-state index contributed by atoms with van der Waals surface area (Å²) in [6, 6.07) is 7.76. The van der Waals surface area contributed by atoms with Crippen LogP contribution in [-0.4, -0.2) is 32.1 Å². The van der Waals surface area contributed by atoms with Gasteiger partial charge in [0.2, 0.25) is 5.78 Å². The number of esters is 1. The summed E-state index contributed by atoms with van der Waals surface area (Å²) < 4.78 is 9.16. The summed E-state index contributed by atoms with van der Waals surface area (Å²) in [5, 5.41) is 4.22. The SMILES string of the molecule is COC(=O)Nc1cc(C(=O)OC)ccc1C(=O)c1cccs1. The van der Waals surface area contributed by atoms with Gasteiger partial charge in [0, 0.05) is 5.56 Å². The van der Waals surface area contributed by atoms with Crippen molar-refractivity contribution in [2.75, 3.05) is 19.5 Å². The third kappa shape index (κ3) is 3.32. The van der Waals surface area contributed by atoms with Gasteiger partial charge in [0.05, 0.1) is 30.3 Å². The number of benzene rings is 1. The highest BCUT2D eigenvalue weighted by atomic mass is 32.1. The quantitative estimate of drug-likeness (QED) is 0.692. The van der Waals surface area contributed by atoms with Crippen LogP contribution in [0.2, 0.25) is 0 Å². The van der Waals surface area contributed by atoms with Gasteiger partial charge in [-0.3, -0.25) is 10.1 Å². The molecule has 114 valence electrons. The van der Waals surface area contributed by atoms with Crippen molar-refractivity contribution in [2.45, 2.75) is 0 Å². The van der Waals surface area contributed by atoms with Crippen LogP contribution in [0.3, 0.4) is 0 Å². The van der Waals surface area contributed by atoms with E-state index < -0.39 is 12.1 Å². The number of ether oxygens (including phenoxy) is 2. The Morgan fingerprint density at radius 1 is 1.09 bits per heavy atom. The number of nitrogens with one attached hydrogen (secondary N) is 1. The molecule has 0 bridgehead atoms. The fraction of sp³-hybridized carbons (Fsp3) is 0.133. The van der Waals surface area contributed by atoms with Crippen molar-refractivity contribution in [3.63, 3.8) is 0 Å². The summed E-state index contributed by atoms with van der Waals surface area (Å²) in [4.78, 5) is 36.0. The Hall–Kier alpha value is -2.67. The summed E-state index contributed by atoms with van der Waals surface area (Å²) in [6.07, 6.45) is -0.734. The number of carbonyl (C=O) groups is 3. The van der Waals surface area contributed by atoms with Crippen LogP contribution in [0, 0.1) is 0 Å². The van der Waals surface area contributed by atoms with Gasteiger partial charge in [0.1, 0.15) is 0 Å². The number of carbonyl (C=O) groups excluding carboxylic acids is 3. The van der Waals surface area contributed by atoms with Crippen LogP contribution in [0.1, 0.15) is 25.6 Å². The summed E-state index contributed by atoms with van der Waals surface area (Å²) in [5.41, 5.74) is 0.672. The first-order chi connectivity index (χ1) is 10.6. The van der Waals surface area contributed by atoms with Gasteiger partial charge in [-0.05, 0) is 29.6 Å². The standard InChI is InChI=1S/C15H13NO5S/c1-20-14(18)9-5-6-10(11(8-9)16-15(19)21-2)13(17)12-4-3-7-22-12/h3-8H,1-2H3,(H,16,19). The molecule has 0 atom stereocenters. The van der Waals surface area contributed by atoms with Crippen molar-refractivity contribution < 1.29 is 23.9 Å². The highest BCUT2D eigenvalue weighted by Gasteiger charge is 2.18. The molecule has 0 fully saturated rings. The lowest BCUT2D eigenvalue weighted by Crippen LogP contribution is -2.15. The zero-order valence-corrected chi connectivity index (χ0v) is 12.7. The normalized spacial score (nSPS) is 9.91. The van der Waals surface area contributed by atoms with Crippen molar-refractivity contribution in [1.29, 1.82) is 0 Å². The van der Waals surface area contributed by atoms with Gasteiger partial charge in [0.15, 0.2) is 0 Å². The second-order valence-electron chi connectivity index (χ2n) is 4.17. The predicted octanol–water partition coefficient (Wildman–Crippen LogP) is 2.94. The highest BCUT2D eigenvalue weighted by molar-refractivity contribution is 7.12. The number of methoxy groups -OCH3 is 2. The van der Waals surface area contributed by atoms with Crippen LogP contribution < -0.4 is 5.32 Å². The predicted molar refractivity (Wildman–Crippen MR) is 81.6 cm³/mol. The smallest absolute Gasteiger partial charge is 0.411 e. The van der Waals surface area contributed by atoms with E-state index in [1.807, 2.05) is 0 Å². The molecule has 2 rings (SSSR count). The molecule has 0 saturated carbocycles. The fourth-order valence-corrected chi connectivity index (χ4v) is 2.47. The zero-order valence-electron chi connectivity index (χ0n) is 11.9. The third-order valence-electron chi connectivity index (χ3n) is 2.85. The Morgan fingerprint density at radius 3 is 2.45 bits per heavy atom. The zero-order chi connectivity index (χ0) is 16.1. The largest absolute Gasteiger partial charge is 0.465 e. The highest BCUT2D eigenvalue weighted by Crippen LogP contribution is 2.24. The average Bonchev–Trinajstić information content (AvgIpc) is 3.07. The second-order valence-corrected chi connectivity index (χ2v) is 5.12. The van der Waals surface area contributed by atoms with E-state index in [0.29, 0.717) is 4.88 Å². The van der Waals surface area contributed by atoms with Crippen molar-refractivity contribution >= 4 is 34.9 Å². The van der Waals surface area contributed by atoms with Crippen LogP contribution >= 0.6 is 11.3 Å². The lowest BCUT2D eigenvalue weighted by molar-refractivity contribution is 0.0600. The number of amides is 1. The first kappa shape index (κ1) is 15.7. The molecule has 22 heavy (non-hydrogen) atoms. The molecular formula is C15H13NO5S. The van der Waals surface area contributed by atoms with E-state index in [4.69, 9.17) is 0 Å². The molecular weight excluding hydrogens is 306 g/mol. The van der Waals surface area contributed by atoms with E-state index in [0.717, 1.165) is 0 Å². The Kier molecular flexibility index (Phi) is 4.90. The van der Waals surface area contributed by atoms with Crippen LogP contribution in [0.5, 0.6) is 0 Å². The molecule has 1 heterocycles. The molecule has 1 aromatic carbocycles. The van der Waals surface area contributed by atoms with Gasteiger partial charge < -0.3 is 9.47 Å². The lowest BCUT2D eigenvalue weighted by atomic mass is 10.0. The van der Waals surface area contributed by atoms with Gasteiger partial charge >= 0.3 is 12.1 Å². The first-order valence-electron chi connectivity index (χ1n) is 6.22. The van der Waals surface area contributed by atoms with Crippen LogP contribution in [-0.2, 0) is 9.47 Å². The molecule has 0 aliphatic carbocycles. The summed E-state index contributed by atoms with van der Waals surface area (Å²) in [6.45, 7) is 0. The van der Waals surface area contributed by atoms with Gasteiger partial charge in [-0.1, -0.05) is 6.07 Å². The molecule has 0 aliphatic rings. The number of ketones is 1. The number of hydrogen-bond donors (Lipinski definition) is 1. The summed E-state index contributed by atoms with van der Waals surface area (Å²) in [5.74, 6) is -0.819. The number of anilines is 1. The van der Waals surface area contributed by atoms with E-state index in [-0.39, 0.29) is 22.6 Å². The van der Waals surface area contributed by atoms with E-state index in [1.54, 1.807) is 17.5 Å².